The van der Waals surface area contributed by atoms with E-state index in [9.17, 15) is 0 Å². The maximum absolute atomic E-state index is 4.88. The molecule has 330 valence electrons. The molecule has 0 radical (unpaired) electrons. The van der Waals surface area contributed by atoms with Crippen LogP contribution in [0.1, 0.15) is 11.1 Å². The molecule has 0 atom stereocenters. The predicted octanol–water partition coefficient (Wildman–Crippen LogP) is 18.8. The second-order valence-electron chi connectivity index (χ2n) is 18.1. The first-order valence-corrected chi connectivity index (χ1v) is 24.8. The van der Waals surface area contributed by atoms with E-state index >= 15 is 0 Å². The first-order chi connectivity index (χ1) is 34.6. The van der Waals surface area contributed by atoms with E-state index in [1.54, 1.807) is 0 Å². The Bertz CT molecular complexity index is 4100. The van der Waals surface area contributed by atoms with E-state index in [-0.39, 0.29) is 0 Å². The van der Waals surface area contributed by atoms with Gasteiger partial charge in [-0.25, -0.2) is 0 Å². The summed E-state index contributed by atoms with van der Waals surface area (Å²) in [5, 5.41) is 10.2. The summed E-state index contributed by atoms with van der Waals surface area (Å²) >= 11 is 1.85. The minimum Gasteiger partial charge on any atom is -0.310 e. The van der Waals surface area contributed by atoms with Gasteiger partial charge in [0, 0.05) is 53.6 Å². The highest BCUT2D eigenvalue weighted by Crippen LogP contribution is 2.42. The Hall–Kier alpha value is -8.76. The lowest BCUT2D eigenvalue weighted by atomic mass is 9.94. The predicted molar refractivity (Wildman–Crippen MR) is 302 cm³/mol. The van der Waals surface area contributed by atoms with Gasteiger partial charge in [-0.2, -0.15) is 0 Å². The smallest absolute Gasteiger partial charge is 0.0541 e. The topological polar surface area (TPSA) is 8.17 Å². The standard InChI is InChI=1S/C67H46N2S/c1-45(46-17-3-2-4-18-46)62(41-35-51-43-50-19-5-6-20-54(50)57-23-8-7-21-55(51)57)68(52-37-31-47(32-38-52)49-36-42-67-61(44-49)60-26-12-16-30-66(60)70-67)53-39-33-48(34-40-53)56-22-9-13-27-63(56)69-64-28-14-10-24-58(64)59-25-11-15-29-65(59)69/h2-34,36-44H,1,35H2/b62-41+. The SMILES string of the molecule is C=C(/C(=C\Cc1cc2ccccc2c2ccccc12)N(c1ccc(-c2ccc3sc4ccccc4c3c2)cc1)c1ccc(-c2ccccc2-n2c3ccccc3c3ccccc32)cc1)c1ccccc1. The molecule has 0 aliphatic carbocycles. The van der Waals surface area contributed by atoms with Crippen molar-refractivity contribution in [3.63, 3.8) is 0 Å². The van der Waals surface area contributed by atoms with Crippen LogP contribution < -0.4 is 4.90 Å². The van der Waals surface area contributed by atoms with Gasteiger partial charge in [-0.05, 0) is 122 Å². The van der Waals surface area contributed by atoms with Gasteiger partial charge in [-0.1, -0.05) is 201 Å². The number of thiophene rings is 1. The maximum Gasteiger partial charge on any atom is 0.0541 e. The molecule has 0 fully saturated rings. The zero-order valence-electron chi connectivity index (χ0n) is 38.5. The van der Waals surface area contributed by atoms with Crippen LogP contribution in [0, 0.1) is 0 Å². The third kappa shape index (κ3) is 7.18. The molecule has 0 aliphatic heterocycles. The first-order valence-electron chi connectivity index (χ1n) is 24.0. The summed E-state index contributed by atoms with van der Waals surface area (Å²) in [6, 6.07) is 90.6. The van der Waals surface area contributed by atoms with Crippen molar-refractivity contribution < 1.29 is 0 Å². The number of fused-ring (bicyclic) bond motifs is 9. The molecular formula is C67H46N2S. The van der Waals surface area contributed by atoms with Crippen molar-refractivity contribution in [1.29, 1.82) is 0 Å². The number of para-hydroxylation sites is 3. The molecule has 0 spiro atoms. The van der Waals surface area contributed by atoms with Crippen molar-refractivity contribution in [2.45, 2.75) is 6.42 Å². The minimum atomic E-state index is 0.708. The summed E-state index contributed by atoms with van der Waals surface area (Å²) in [6.07, 6.45) is 3.10. The van der Waals surface area contributed by atoms with Gasteiger partial charge in [0.2, 0.25) is 0 Å². The molecule has 0 amide bonds. The van der Waals surface area contributed by atoms with Crippen molar-refractivity contribution in [2.75, 3.05) is 4.90 Å². The molecule has 0 unspecified atom stereocenters. The molecule has 0 N–H and O–H groups in total. The molecule has 0 saturated heterocycles. The monoisotopic (exact) mass is 910 g/mol. The van der Waals surface area contributed by atoms with Gasteiger partial charge in [0.1, 0.15) is 0 Å². The maximum atomic E-state index is 4.88. The highest BCUT2D eigenvalue weighted by Gasteiger charge is 2.21. The highest BCUT2D eigenvalue weighted by molar-refractivity contribution is 7.25. The Morgan fingerprint density at radius 3 is 1.70 bits per heavy atom. The summed E-state index contributed by atoms with van der Waals surface area (Å²) < 4.78 is 5.04. The molecule has 3 heteroatoms. The lowest BCUT2D eigenvalue weighted by Crippen LogP contribution is -2.18. The lowest BCUT2D eigenvalue weighted by Gasteiger charge is -2.30. The zero-order valence-corrected chi connectivity index (χ0v) is 39.3. The van der Waals surface area contributed by atoms with Gasteiger partial charge < -0.3 is 9.47 Å². The Morgan fingerprint density at radius 1 is 0.429 bits per heavy atom. The largest absolute Gasteiger partial charge is 0.310 e. The van der Waals surface area contributed by atoms with Crippen LogP contribution in [0.2, 0.25) is 0 Å². The average Bonchev–Trinajstić information content (AvgIpc) is 3.98. The molecule has 0 bridgehead atoms. The van der Waals surface area contributed by atoms with Crippen LogP contribution in [-0.2, 0) is 6.42 Å². The van der Waals surface area contributed by atoms with E-state index in [1.807, 2.05) is 11.3 Å². The fourth-order valence-corrected chi connectivity index (χ4v) is 11.8. The van der Waals surface area contributed by atoms with Crippen molar-refractivity contribution in [3.8, 4) is 27.9 Å². The Morgan fingerprint density at radius 2 is 0.971 bits per heavy atom. The number of hydrogen-bond donors (Lipinski definition) is 0. The number of allylic oxidation sites excluding steroid dienone is 2. The molecule has 2 heterocycles. The number of hydrogen-bond acceptors (Lipinski definition) is 2. The van der Waals surface area contributed by atoms with Crippen molar-refractivity contribution in [3.05, 3.63) is 278 Å². The number of aromatic nitrogens is 1. The quantitative estimate of drug-likeness (QED) is 0.0980. The lowest BCUT2D eigenvalue weighted by molar-refractivity contribution is 1.17. The van der Waals surface area contributed by atoms with Crippen LogP contribution in [-0.4, -0.2) is 4.57 Å². The van der Waals surface area contributed by atoms with Crippen LogP contribution in [0.5, 0.6) is 0 Å². The summed E-state index contributed by atoms with van der Waals surface area (Å²) in [4.78, 5) is 2.40. The second-order valence-corrected chi connectivity index (χ2v) is 19.1. The number of anilines is 2. The van der Waals surface area contributed by atoms with E-state index < -0.39 is 0 Å². The Labute approximate surface area is 411 Å². The first kappa shape index (κ1) is 41.4. The Kier molecular flexibility index (Phi) is 10.3. The van der Waals surface area contributed by atoms with Crippen LogP contribution in [0.3, 0.4) is 0 Å². The molecular weight excluding hydrogens is 865 g/mol. The molecule has 2 nitrogen and oxygen atoms in total. The van der Waals surface area contributed by atoms with Crippen molar-refractivity contribution in [2.24, 2.45) is 0 Å². The summed E-state index contributed by atoms with van der Waals surface area (Å²) in [6.45, 7) is 4.88. The van der Waals surface area contributed by atoms with Crippen LogP contribution in [0.4, 0.5) is 11.4 Å². The number of benzene rings is 11. The highest BCUT2D eigenvalue weighted by atomic mass is 32.1. The molecule has 2 aromatic heterocycles. The van der Waals surface area contributed by atoms with E-state index in [0.29, 0.717) is 6.42 Å². The fraction of sp³-hybridized carbons (Fsp3) is 0.0149. The zero-order chi connectivity index (χ0) is 46.5. The average molecular weight is 911 g/mol. The molecule has 13 rings (SSSR count). The molecule has 0 saturated carbocycles. The van der Waals surface area contributed by atoms with Gasteiger partial charge >= 0.3 is 0 Å². The third-order valence-electron chi connectivity index (χ3n) is 14.0. The molecule has 0 aliphatic rings. The van der Waals surface area contributed by atoms with E-state index in [4.69, 9.17) is 6.58 Å². The fourth-order valence-electron chi connectivity index (χ4n) is 10.7. The summed E-state index contributed by atoms with van der Waals surface area (Å²) in [5.74, 6) is 0. The summed E-state index contributed by atoms with van der Waals surface area (Å²) in [7, 11) is 0. The number of rotatable bonds is 10. The Balaban J connectivity index is 0.965. The van der Waals surface area contributed by atoms with Gasteiger partial charge in [0.15, 0.2) is 0 Å². The van der Waals surface area contributed by atoms with Crippen molar-refractivity contribution in [1.82, 2.24) is 4.57 Å². The normalized spacial score (nSPS) is 11.9. The second kappa shape index (κ2) is 17.4. The van der Waals surface area contributed by atoms with Crippen molar-refractivity contribution >= 4 is 91.8 Å². The van der Waals surface area contributed by atoms with Crippen LogP contribution >= 0.6 is 11.3 Å². The number of nitrogens with zero attached hydrogens (tertiary/aromatic N) is 2. The van der Waals surface area contributed by atoms with E-state index in [1.165, 1.54) is 85.8 Å². The summed E-state index contributed by atoms with van der Waals surface area (Å²) in [5.41, 5.74) is 14.6. The van der Waals surface area contributed by atoms with Gasteiger partial charge in [0.05, 0.1) is 16.7 Å². The van der Waals surface area contributed by atoms with Gasteiger partial charge in [-0.15, -0.1) is 11.3 Å². The van der Waals surface area contributed by atoms with Crippen LogP contribution in [0.25, 0.3) is 97.0 Å². The molecule has 13 aromatic rings. The minimum absolute atomic E-state index is 0.708. The van der Waals surface area contributed by atoms with Crippen LogP contribution in [0.15, 0.2) is 267 Å². The molecule has 11 aromatic carbocycles. The third-order valence-corrected chi connectivity index (χ3v) is 15.2. The van der Waals surface area contributed by atoms with E-state index in [0.717, 1.165) is 39.5 Å². The molecule has 70 heavy (non-hydrogen) atoms. The van der Waals surface area contributed by atoms with E-state index in [2.05, 4.69) is 264 Å². The van der Waals surface area contributed by atoms with Gasteiger partial charge in [0.25, 0.3) is 0 Å². The van der Waals surface area contributed by atoms with Gasteiger partial charge in [-0.3, -0.25) is 0 Å².